The van der Waals surface area contributed by atoms with E-state index < -0.39 is 12.1 Å². The maximum Gasteiger partial charge on any atom is 0.407 e. The Bertz CT molecular complexity index is 1400. The lowest BCUT2D eigenvalue weighted by atomic mass is 9.98. The summed E-state index contributed by atoms with van der Waals surface area (Å²) in [7, 11) is 5.26. The summed E-state index contributed by atoms with van der Waals surface area (Å²) in [5.74, 6) is -0.531. The molecule has 188 valence electrons. The second kappa shape index (κ2) is 10.4. The van der Waals surface area contributed by atoms with Crippen LogP contribution in [0.2, 0.25) is 0 Å². The second-order valence-electron chi connectivity index (χ2n) is 8.90. The Labute approximate surface area is 219 Å². The third kappa shape index (κ3) is 4.93. The number of fused-ring (bicyclic) bond motifs is 3. The van der Waals surface area contributed by atoms with Gasteiger partial charge in [0.25, 0.3) is 0 Å². The van der Waals surface area contributed by atoms with Crippen LogP contribution in [-0.4, -0.2) is 44.9 Å². The van der Waals surface area contributed by atoms with Gasteiger partial charge in [-0.05, 0) is 39.9 Å². The molecule has 0 saturated carbocycles. The summed E-state index contributed by atoms with van der Waals surface area (Å²) < 4.78 is 10.6. The first-order chi connectivity index (χ1) is 18.0. The van der Waals surface area contributed by atoms with Gasteiger partial charge in [0.15, 0.2) is 5.69 Å². The molecular weight excluding hydrogens is 486 g/mol. The van der Waals surface area contributed by atoms with Crippen LogP contribution in [0, 0.1) is 0 Å². The zero-order valence-electron chi connectivity index (χ0n) is 20.9. The predicted molar refractivity (Wildman–Crippen MR) is 145 cm³/mol. The minimum absolute atomic E-state index is 0.0133. The Morgan fingerprint density at radius 1 is 0.946 bits per heavy atom. The number of rotatable bonds is 7. The van der Waals surface area contributed by atoms with Crippen LogP contribution in [0.4, 0.5) is 10.5 Å². The van der Waals surface area contributed by atoms with E-state index in [1.54, 1.807) is 0 Å². The summed E-state index contributed by atoms with van der Waals surface area (Å²) in [6, 6.07) is 24.2. The van der Waals surface area contributed by atoms with E-state index in [4.69, 9.17) is 9.47 Å². The molecule has 1 aliphatic rings. The number of aromatic nitrogens is 1. The molecule has 5 rings (SSSR count). The Kier molecular flexibility index (Phi) is 6.92. The molecule has 0 bridgehead atoms. The monoisotopic (exact) mass is 513 g/mol. The molecular formula is C29H27N3O4S. The highest BCUT2D eigenvalue weighted by molar-refractivity contribution is 7.15. The Balaban J connectivity index is 1.26. The molecule has 1 aromatic heterocycles. The first-order valence-electron chi connectivity index (χ1n) is 11.9. The lowest BCUT2D eigenvalue weighted by molar-refractivity contribution is 0.0595. The molecule has 1 aliphatic carbocycles. The van der Waals surface area contributed by atoms with Crippen molar-refractivity contribution in [2.45, 2.75) is 12.5 Å². The van der Waals surface area contributed by atoms with Crippen LogP contribution in [0.15, 0.2) is 72.8 Å². The van der Waals surface area contributed by atoms with E-state index in [0.29, 0.717) is 9.88 Å². The molecule has 8 heteroatoms. The predicted octanol–water partition coefficient (Wildman–Crippen LogP) is 5.70. The molecule has 1 heterocycles. The van der Waals surface area contributed by atoms with Gasteiger partial charge in [0, 0.05) is 25.7 Å². The molecule has 0 spiro atoms. The Hall–Kier alpha value is -4.17. The number of thiazole rings is 1. The Morgan fingerprint density at radius 2 is 1.57 bits per heavy atom. The molecule has 37 heavy (non-hydrogen) atoms. The van der Waals surface area contributed by atoms with E-state index in [-0.39, 0.29) is 24.8 Å². The number of benzene rings is 3. The second-order valence-corrected chi connectivity index (χ2v) is 9.98. The number of carbonyl (C=O) groups excluding carboxylic acids is 2. The molecule has 0 radical (unpaired) electrons. The van der Waals surface area contributed by atoms with Gasteiger partial charge in [0.05, 0.1) is 18.5 Å². The summed E-state index contributed by atoms with van der Waals surface area (Å²) in [5, 5.41) is 3.36. The van der Waals surface area contributed by atoms with E-state index in [1.165, 1.54) is 29.6 Å². The van der Waals surface area contributed by atoms with Crippen LogP contribution in [0.1, 0.15) is 32.5 Å². The van der Waals surface area contributed by atoms with Gasteiger partial charge in [-0.3, -0.25) is 0 Å². The highest BCUT2D eigenvalue weighted by Crippen LogP contribution is 2.44. The topological polar surface area (TPSA) is 80.8 Å². The molecule has 0 unspecified atom stereocenters. The van der Waals surface area contributed by atoms with Gasteiger partial charge in [0.1, 0.15) is 11.6 Å². The number of carbonyl (C=O) groups is 2. The normalized spacial score (nSPS) is 12.0. The number of hydrogen-bond donors (Lipinski definition) is 1. The molecule has 1 N–H and O–H groups in total. The van der Waals surface area contributed by atoms with Gasteiger partial charge < -0.3 is 19.7 Å². The highest BCUT2D eigenvalue weighted by atomic mass is 32.1. The zero-order valence-corrected chi connectivity index (χ0v) is 21.7. The zero-order chi connectivity index (χ0) is 25.9. The summed E-state index contributed by atoms with van der Waals surface area (Å²) in [5.41, 5.74) is 6.80. The molecule has 4 aromatic rings. The Morgan fingerprint density at radius 3 is 2.16 bits per heavy atom. The maximum atomic E-state index is 12.6. The summed E-state index contributed by atoms with van der Waals surface area (Å²) in [4.78, 5) is 32.1. The van der Waals surface area contributed by atoms with E-state index in [2.05, 4.69) is 34.6 Å². The minimum Gasteiger partial charge on any atom is -0.464 e. The molecule has 0 saturated heterocycles. The molecule has 0 atom stereocenters. The van der Waals surface area contributed by atoms with E-state index in [0.717, 1.165) is 22.4 Å². The van der Waals surface area contributed by atoms with Gasteiger partial charge in [-0.25, -0.2) is 14.6 Å². The van der Waals surface area contributed by atoms with Crippen LogP contribution < -0.4 is 10.2 Å². The van der Waals surface area contributed by atoms with Crippen LogP contribution in [-0.2, 0) is 16.0 Å². The van der Waals surface area contributed by atoms with Crippen molar-refractivity contribution < 1.29 is 19.1 Å². The van der Waals surface area contributed by atoms with Crippen molar-refractivity contribution >= 4 is 29.1 Å². The first kappa shape index (κ1) is 24.5. The molecule has 7 nitrogen and oxygen atoms in total. The molecule has 0 fully saturated rings. The lowest BCUT2D eigenvalue weighted by Crippen LogP contribution is -2.25. The number of anilines is 1. The van der Waals surface area contributed by atoms with Crippen LogP contribution in [0.5, 0.6) is 0 Å². The lowest BCUT2D eigenvalue weighted by Gasteiger charge is -2.14. The number of hydrogen-bond acceptors (Lipinski definition) is 7. The maximum absolute atomic E-state index is 12.6. The standard InChI is InChI=1S/C29H27N3O4S/c1-32(2)19-14-12-18(13-15-19)27-26(28(33)35-3)31-25(37-27)16-30-29(34)36-17-24-22-10-6-4-8-20(22)21-9-5-7-11-23(21)24/h4-15,24H,16-17H2,1-3H3,(H,30,34). The fourth-order valence-electron chi connectivity index (χ4n) is 4.58. The van der Waals surface area contributed by atoms with Crippen molar-refractivity contribution in [2.24, 2.45) is 0 Å². The van der Waals surface area contributed by atoms with Crippen molar-refractivity contribution in [3.8, 4) is 21.6 Å². The SMILES string of the molecule is COC(=O)c1nc(CNC(=O)OCC2c3ccccc3-c3ccccc32)sc1-c1ccc(N(C)C)cc1. The van der Waals surface area contributed by atoms with Crippen molar-refractivity contribution in [2.75, 3.05) is 32.7 Å². The van der Waals surface area contributed by atoms with Crippen molar-refractivity contribution in [1.29, 1.82) is 0 Å². The van der Waals surface area contributed by atoms with Gasteiger partial charge in [-0.15, -0.1) is 11.3 Å². The first-order valence-corrected chi connectivity index (χ1v) is 12.7. The van der Waals surface area contributed by atoms with Gasteiger partial charge in [-0.2, -0.15) is 0 Å². The van der Waals surface area contributed by atoms with Crippen LogP contribution >= 0.6 is 11.3 Å². The van der Waals surface area contributed by atoms with Crippen LogP contribution in [0.25, 0.3) is 21.6 Å². The fourth-order valence-corrected chi connectivity index (χ4v) is 5.58. The van der Waals surface area contributed by atoms with Gasteiger partial charge in [0.2, 0.25) is 0 Å². The number of ether oxygens (including phenoxy) is 2. The van der Waals surface area contributed by atoms with Crippen molar-refractivity contribution in [1.82, 2.24) is 10.3 Å². The molecule has 3 aromatic carbocycles. The third-order valence-electron chi connectivity index (χ3n) is 6.42. The van der Waals surface area contributed by atoms with E-state index in [1.807, 2.05) is 67.5 Å². The summed E-state index contributed by atoms with van der Waals surface area (Å²) in [6.45, 7) is 0.371. The summed E-state index contributed by atoms with van der Waals surface area (Å²) >= 11 is 1.34. The van der Waals surface area contributed by atoms with Crippen molar-refractivity contribution in [3.63, 3.8) is 0 Å². The average molecular weight is 514 g/mol. The number of alkyl carbamates (subject to hydrolysis) is 1. The number of nitrogens with zero attached hydrogens (tertiary/aromatic N) is 2. The largest absolute Gasteiger partial charge is 0.464 e. The quantitative estimate of drug-likeness (QED) is 0.319. The number of nitrogens with one attached hydrogen (secondary N) is 1. The van der Waals surface area contributed by atoms with Crippen molar-refractivity contribution in [3.05, 3.63) is 94.6 Å². The average Bonchev–Trinajstić information content (AvgIpc) is 3.50. The number of amides is 1. The van der Waals surface area contributed by atoms with Gasteiger partial charge >= 0.3 is 12.1 Å². The van der Waals surface area contributed by atoms with E-state index >= 15 is 0 Å². The highest BCUT2D eigenvalue weighted by Gasteiger charge is 2.29. The van der Waals surface area contributed by atoms with Gasteiger partial charge in [-0.1, -0.05) is 60.7 Å². The smallest absolute Gasteiger partial charge is 0.407 e. The number of methoxy groups -OCH3 is 1. The number of esters is 1. The fraction of sp³-hybridized carbons (Fsp3) is 0.207. The third-order valence-corrected chi connectivity index (χ3v) is 7.53. The van der Waals surface area contributed by atoms with Crippen LogP contribution in [0.3, 0.4) is 0 Å². The molecule has 1 amide bonds. The molecule has 0 aliphatic heterocycles. The summed E-state index contributed by atoms with van der Waals surface area (Å²) in [6.07, 6.45) is -0.534. The minimum atomic E-state index is -0.534. The van der Waals surface area contributed by atoms with E-state index in [9.17, 15) is 9.59 Å².